The van der Waals surface area contributed by atoms with Gasteiger partial charge in [-0.2, -0.15) is 0 Å². The molecule has 3 aliphatic rings. The maximum Gasteiger partial charge on any atom is 0.314 e. The van der Waals surface area contributed by atoms with E-state index in [1.165, 1.54) is 53.0 Å². The zero-order chi connectivity index (χ0) is 47.4. The van der Waals surface area contributed by atoms with Crippen LogP contribution in [0.2, 0.25) is 0 Å². The molecule has 64 heavy (non-hydrogen) atoms. The van der Waals surface area contributed by atoms with E-state index >= 15 is 0 Å². The van der Waals surface area contributed by atoms with Gasteiger partial charge in [-0.1, -0.05) is 81.4 Å². The van der Waals surface area contributed by atoms with Crippen LogP contribution in [0.3, 0.4) is 0 Å². The van der Waals surface area contributed by atoms with E-state index in [-0.39, 0.29) is 22.4 Å². The number of ether oxygens (including phenoxy) is 4. The average molecular weight is 889 g/mol. The Morgan fingerprint density at radius 3 is 2.23 bits per heavy atom. The molecule has 5 bridgehead atoms. The van der Waals surface area contributed by atoms with E-state index in [1.54, 1.807) is 64.1 Å². The van der Waals surface area contributed by atoms with Gasteiger partial charge in [0.2, 0.25) is 0 Å². The lowest BCUT2D eigenvalue weighted by molar-refractivity contribution is -0.160. The van der Waals surface area contributed by atoms with Crippen molar-refractivity contribution < 1.29 is 73.6 Å². The molecule has 7 N–H and O–H groups in total. The van der Waals surface area contributed by atoms with E-state index in [2.05, 4.69) is 10.5 Å². The first-order chi connectivity index (χ1) is 30.2. The topological polar surface area (TPSA) is 260 Å². The molecule has 10 unspecified atom stereocenters. The highest BCUT2D eigenvalue weighted by Gasteiger charge is 2.50. The molecule has 0 aromatic heterocycles. The highest BCUT2D eigenvalue weighted by Crippen LogP contribution is 2.55. The Kier molecular flexibility index (Phi) is 15.2. The van der Waals surface area contributed by atoms with Crippen LogP contribution in [0.25, 0.3) is 10.8 Å². The highest BCUT2D eigenvalue weighted by molar-refractivity contribution is 6.23. The number of phenols is 3. The first-order valence-corrected chi connectivity index (χ1v) is 20.7. The number of hydrogen-bond donors (Lipinski definition) is 7. The van der Waals surface area contributed by atoms with E-state index in [9.17, 15) is 49.8 Å². The molecule has 10 atom stereocenters. The fourth-order valence-corrected chi connectivity index (χ4v) is 8.08. The smallest absolute Gasteiger partial charge is 0.314 e. The molecule has 6 rings (SSSR count). The highest BCUT2D eigenvalue weighted by atomic mass is 16.7. The van der Waals surface area contributed by atoms with Gasteiger partial charge in [0, 0.05) is 61.2 Å². The Balaban J connectivity index is 1.68. The van der Waals surface area contributed by atoms with Gasteiger partial charge in [0.25, 0.3) is 11.7 Å². The first kappa shape index (κ1) is 48.6. The van der Waals surface area contributed by atoms with Crippen molar-refractivity contribution in [1.29, 1.82) is 0 Å². The molecule has 3 aliphatic heterocycles. The van der Waals surface area contributed by atoms with Crippen LogP contribution >= 0.6 is 0 Å². The number of carbonyl (C=O) groups is 4. The van der Waals surface area contributed by atoms with Crippen molar-refractivity contribution in [3.05, 3.63) is 88.7 Å². The zero-order valence-electron chi connectivity index (χ0n) is 37.1. The molecule has 0 fully saturated rings. The Hall–Kier alpha value is -6.43. The molecular weight excluding hydrogens is 833 g/mol. The summed E-state index contributed by atoms with van der Waals surface area (Å²) < 4.78 is 23.5. The number of carbonyl (C=O) groups excluding carboxylic acids is 3. The van der Waals surface area contributed by atoms with Gasteiger partial charge in [0.1, 0.15) is 35.9 Å². The van der Waals surface area contributed by atoms with Crippen LogP contribution in [0, 0.1) is 30.6 Å². The van der Waals surface area contributed by atoms with Crippen LogP contribution in [-0.4, -0.2) is 104 Å². The number of rotatable bonds is 8. The number of nitrogens with zero attached hydrogens (tertiary/aromatic N) is 1. The fourth-order valence-electron chi connectivity index (χ4n) is 8.08. The van der Waals surface area contributed by atoms with Gasteiger partial charge >= 0.3 is 17.7 Å². The first-order valence-electron chi connectivity index (χ1n) is 20.7. The number of ketones is 1. The minimum Gasteiger partial charge on any atom is -0.507 e. The predicted molar refractivity (Wildman–Crippen MR) is 234 cm³/mol. The third kappa shape index (κ3) is 9.71. The Bertz CT molecular complexity index is 2390. The van der Waals surface area contributed by atoms with Crippen molar-refractivity contribution in [2.45, 2.75) is 91.5 Å². The lowest BCUT2D eigenvalue weighted by Crippen LogP contribution is -2.46. The summed E-state index contributed by atoms with van der Waals surface area (Å²) in [5.74, 6) is -11.8. The Morgan fingerprint density at radius 1 is 0.938 bits per heavy atom. The number of nitrogens with one attached hydrogen (secondary N) is 1. The summed E-state index contributed by atoms with van der Waals surface area (Å²) in [5, 5.41) is 73.9. The number of esters is 1. The van der Waals surface area contributed by atoms with Gasteiger partial charge in [-0.3, -0.25) is 19.2 Å². The summed E-state index contributed by atoms with van der Waals surface area (Å²) in [5.41, 5.74) is -0.679. The normalized spacial score (nSPS) is 29.0. The molecule has 3 aromatic carbocycles. The number of methoxy groups -OCH3 is 1. The number of oxime groups is 1. The number of Topliss-reactive ketones (excluding diaryl/α,β-unsaturated/α-hetero) is 1. The number of aliphatic carboxylic acids is 1. The van der Waals surface area contributed by atoms with Crippen molar-refractivity contribution in [2.24, 2.45) is 28.8 Å². The van der Waals surface area contributed by atoms with Gasteiger partial charge in [-0.25, -0.2) is 0 Å². The number of aliphatic hydroxyl groups excluding tert-OH is 2. The number of phenolic OH excluding ortho intramolecular Hbond substituents is 3. The molecule has 0 aliphatic carbocycles. The predicted octanol–water partition coefficient (Wildman–Crippen LogP) is 5.97. The van der Waals surface area contributed by atoms with Crippen LogP contribution in [0.5, 0.6) is 23.0 Å². The summed E-state index contributed by atoms with van der Waals surface area (Å²) in [6, 6.07) is 8.24. The van der Waals surface area contributed by atoms with E-state index in [0.717, 1.165) is 12.5 Å². The van der Waals surface area contributed by atoms with Gasteiger partial charge < -0.3 is 59.7 Å². The van der Waals surface area contributed by atoms with Crippen molar-refractivity contribution >= 4 is 46.3 Å². The molecule has 0 saturated heterocycles. The third-order valence-electron chi connectivity index (χ3n) is 12.0. The number of anilines is 1. The molecule has 0 spiro atoms. The lowest BCUT2D eigenvalue weighted by atomic mass is 9.78. The second-order valence-corrected chi connectivity index (χ2v) is 16.4. The van der Waals surface area contributed by atoms with Crippen LogP contribution in [0.1, 0.15) is 81.4 Å². The second kappa shape index (κ2) is 20.0. The SMILES string of the molecule is COC1/C=C/OC2(C)Oc3c(C)c(O)c4c(O)c(c(/C=N/OCC(C(=O)O)c5ccccc5)c(O)c4c3C2=O)NC(=O)/C(C)=C\C=C\C(C)C(O)C(C)C(O)C(C)C(OC(C)=O)C1C. The molecule has 3 aromatic rings. The van der Waals surface area contributed by atoms with Crippen molar-refractivity contribution in [3.63, 3.8) is 0 Å². The maximum atomic E-state index is 14.5. The number of carboxylic acids is 1. The minimum absolute atomic E-state index is 0.0260. The second-order valence-electron chi connectivity index (χ2n) is 16.4. The molecule has 1 amide bonds. The summed E-state index contributed by atoms with van der Waals surface area (Å²) in [4.78, 5) is 58.1. The van der Waals surface area contributed by atoms with Crippen molar-refractivity contribution in [1.82, 2.24) is 0 Å². The monoisotopic (exact) mass is 888 g/mol. The molecule has 0 saturated carbocycles. The average Bonchev–Trinajstić information content (AvgIpc) is 3.52. The quantitative estimate of drug-likeness (QED) is 0.0452. The number of carboxylic acid groups (broad SMARTS) is 1. The number of benzene rings is 3. The molecule has 0 radical (unpaired) electrons. The standard InChI is InChI=1S/C47H56N2O15/c1-22-14-13-15-23(2)45(57)49-36-30(20-48-62-21-31(46(58)59)29-16-11-10-12-17-29)40(54)33-34(41(36)55)39(53)27(6)43-35(33)44(56)47(8,64-43)61-19-18-32(60-9)24(3)42(63-28(7)50)26(5)38(52)25(4)37(22)51/h10-20,22,24-26,31-32,37-38,42,51-55H,21H2,1-9H3,(H,49,57)(H,58,59)/b14-13+,19-18+,23-15-,48-20+. The van der Waals surface area contributed by atoms with Gasteiger partial charge in [0.15, 0.2) is 5.75 Å². The third-order valence-corrected chi connectivity index (χ3v) is 12.0. The zero-order valence-corrected chi connectivity index (χ0v) is 37.1. The summed E-state index contributed by atoms with van der Waals surface area (Å²) in [7, 11) is 1.40. The van der Waals surface area contributed by atoms with Crippen LogP contribution in [0.15, 0.2) is 71.6 Å². The number of amides is 1. The van der Waals surface area contributed by atoms with Gasteiger partial charge in [-0.15, -0.1) is 0 Å². The van der Waals surface area contributed by atoms with Crippen LogP contribution < -0.4 is 10.1 Å². The van der Waals surface area contributed by atoms with E-state index in [0.29, 0.717) is 5.56 Å². The number of hydrogen-bond acceptors (Lipinski definition) is 15. The summed E-state index contributed by atoms with van der Waals surface area (Å²) in [6.45, 7) is 11.7. The Labute approximate surface area is 370 Å². The Morgan fingerprint density at radius 2 is 1.61 bits per heavy atom. The van der Waals surface area contributed by atoms with E-state index < -0.39 is 129 Å². The number of aromatic hydroxyl groups is 3. The maximum absolute atomic E-state index is 14.5. The molecule has 3 heterocycles. The summed E-state index contributed by atoms with van der Waals surface area (Å²) in [6.07, 6.45) is 4.01. The number of fused-ring (bicyclic) bond motifs is 14. The van der Waals surface area contributed by atoms with E-state index in [4.69, 9.17) is 23.8 Å². The summed E-state index contributed by atoms with van der Waals surface area (Å²) >= 11 is 0. The van der Waals surface area contributed by atoms with Crippen LogP contribution in [0.4, 0.5) is 5.69 Å². The molecule has 17 heteroatoms. The fraction of sp³-hybridized carbons (Fsp3) is 0.426. The minimum atomic E-state index is -2.13. The van der Waals surface area contributed by atoms with E-state index in [1.807, 2.05) is 0 Å². The number of aliphatic hydroxyl groups is 2. The largest absolute Gasteiger partial charge is 0.507 e. The van der Waals surface area contributed by atoms with Crippen molar-refractivity contribution in [3.8, 4) is 23.0 Å². The molecule has 17 nitrogen and oxygen atoms in total. The number of allylic oxidation sites excluding steroid dienone is 2. The van der Waals surface area contributed by atoms with Crippen LogP contribution in [-0.2, 0) is 33.4 Å². The van der Waals surface area contributed by atoms with Gasteiger partial charge in [-0.05, 0) is 25.5 Å². The lowest BCUT2D eigenvalue weighted by Gasteiger charge is -2.38. The molecular formula is C47H56N2O15. The molecule has 344 valence electrons. The van der Waals surface area contributed by atoms with Gasteiger partial charge in [0.05, 0.1) is 53.0 Å². The van der Waals surface area contributed by atoms with Crippen molar-refractivity contribution in [2.75, 3.05) is 19.0 Å².